The summed E-state index contributed by atoms with van der Waals surface area (Å²) in [7, 11) is 1.66. The summed E-state index contributed by atoms with van der Waals surface area (Å²) in [6, 6.07) is 4.10. The van der Waals surface area contributed by atoms with Gasteiger partial charge in [0.1, 0.15) is 5.75 Å². The summed E-state index contributed by atoms with van der Waals surface area (Å²) in [5.74, 6) is 0.836. The van der Waals surface area contributed by atoms with E-state index in [0.717, 1.165) is 48.6 Å². The van der Waals surface area contributed by atoms with E-state index in [1.807, 2.05) is 24.8 Å². The summed E-state index contributed by atoms with van der Waals surface area (Å²) in [5.41, 5.74) is 3.35. The number of methoxy groups -OCH3 is 1. The molecule has 0 spiro atoms. The normalized spacial score (nSPS) is 15.1. The molecule has 0 unspecified atom stereocenters. The van der Waals surface area contributed by atoms with Gasteiger partial charge in [0.25, 0.3) is 0 Å². The van der Waals surface area contributed by atoms with E-state index in [9.17, 15) is 4.79 Å². The van der Waals surface area contributed by atoms with Crippen molar-refractivity contribution in [3.05, 3.63) is 28.8 Å². The van der Waals surface area contributed by atoms with Crippen LogP contribution in [0.3, 0.4) is 0 Å². The zero-order valence-corrected chi connectivity index (χ0v) is 12.5. The number of carbonyl (C=O) groups is 1. The molecule has 1 aliphatic heterocycles. The van der Waals surface area contributed by atoms with Crippen molar-refractivity contribution in [3.8, 4) is 5.75 Å². The summed E-state index contributed by atoms with van der Waals surface area (Å²) < 4.78 is 5.41. The fraction of sp³-hybridized carbons (Fsp3) is 0.533. The molecule has 1 aliphatic rings. The second-order valence-electron chi connectivity index (χ2n) is 5.16. The maximum Gasteiger partial charge on any atom is 0.317 e. The van der Waals surface area contributed by atoms with E-state index in [1.54, 1.807) is 7.11 Å². The second-order valence-corrected chi connectivity index (χ2v) is 5.16. The number of hydrogen-bond donors (Lipinski definition) is 2. The highest BCUT2D eigenvalue weighted by Gasteiger charge is 2.16. The van der Waals surface area contributed by atoms with Crippen LogP contribution in [0.25, 0.3) is 0 Å². The van der Waals surface area contributed by atoms with Crippen molar-refractivity contribution in [1.29, 1.82) is 0 Å². The molecular formula is C15H23N3O2. The summed E-state index contributed by atoms with van der Waals surface area (Å²) in [6.07, 6.45) is 0. The Morgan fingerprint density at radius 1 is 1.35 bits per heavy atom. The first-order valence-corrected chi connectivity index (χ1v) is 6.99. The molecule has 1 fully saturated rings. The third-order valence-electron chi connectivity index (χ3n) is 3.62. The first-order chi connectivity index (χ1) is 9.61. The molecule has 20 heavy (non-hydrogen) atoms. The quantitative estimate of drug-likeness (QED) is 0.879. The van der Waals surface area contributed by atoms with Crippen LogP contribution in [0.5, 0.6) is 5.75 Å². The minimum atomic E-state index is -0.00599. The number of ether oxygens (including phenoxy) is 1. The summed E-state index contributed by atoms with van der Waals surface area (Å²) >= 11 is 0. The smallest absolute Gasteiger partial charge is 0.317 e. The average Bonchev–Trinajstić information content (AvgIpc) is 2.46. The van der Waals surface area contributed by atoms with Gasteiger partial charge in [-0.1, -0.05) is 6.07 Å². The van der Waals surface area contributed by atoms with Crippen LogP contribution in [0.1, 0.15) is 16.7 Å². The molecular weight excluding hydrogens is 254 g/mol. The molecule has 0 aliphatic carbocycles. The van der Waals surface area contributed by atoms with Gasteiger partial charge >= 0.3 is 6.03 Å². The Morgan fingerprint density at radius 3 is 2.70 bits per heavy atom. The predicted molar refractivity (Wildman–Crippen MR) is 79.1 cm³/mol. The third-order valence-corrected chi connectivity index (χ3v) is 3.62. The third kappa shape index (κ3) is 3.42. The first kappa shape index (κ1) is 14.7. The van der Waals surface area contributed by atoms with Gasteiger partial charge in [-0.05, 0) is 31.0 Å². The molecule has 1 heterocycles. The highest BCUT2D eigenvalue weighted by atomic mass is 16.5. The molecule has 5 heteroatoms. The Hall–Kier alpha value is -1.75. The van der Waals surface area contributed by atoms with Gasteiger partial charge < -0.3 is 20.3 Å². The van der Waals surface area contributed by atoms with Crippen LogP contribution in [0.4, 0.5) is 4.79 Å². The summed E-state index contributed by atoms with van der Waals surface area (Å²) in [6.45, 7) is 7.82. The Labute approximate surface area is 120 Å². The number of urea groups is 1. The van der Waals surface area contributed by atoms with E-state index < -0.39 is 0 Å². The second kappa shape index (κ2) is 6.61. The van der Waals surface area contributed by atoms with Crippen LogP contribution < -0.4 is 15.4 Å². The Balaban J connectivity index is 2.01. The van der Waals surface area contributed by atoms with Gasteiger partial charge in [0.05, 0.1) is 7.11 Å². The van der Waals surface area contributed by atoms with Gasteiger partial charge in [-0.2, -0.15) is 0 Å². The van der Waals surface area contributed by atoms with Gasteiger partial charge in [-0.25, -0.2) is 4.79 Å². The molecule has 0 saturated carbocycles. The van der Waals surface area contributed by atoms with Gasteiger partial charge in [0, 0.05) is 38.3 Å². The fourth-order valence-electron chi connectivity index (χ4n) is 2.51. The van der Waals surface area contributed by atoms with Gasteiger partial charge in [-0.3, -0.25) is 0 Å². The highest BCUT2D eigenvalue weighted by molar-refractivity contribution is 5.74. The lowest BCUT2D eigenvalue weighted by Crippen LogP contribution is -2.50. The monoisotopic (exact) mass is 277 g/mol. The first-order valence-electron chi connectivity index (χ1n) is 6.99. The van der Waals surface area contributed by atoms with Crippen molar-refractivity contribution < 1.29 is 9.53 Å². The molecule has 1 aromatic carbocycles. The van der Waals surface area contributed by atoms with Crippen molar-refractivity contribution in [2.75, 3.05) is 33.3 Å². The van der Waals surface area contributed by atoms with Crippen LogP contribution >= 0.6 is 0 Å². The van der Waals surface area contributed by atoms with Crippen molar-refractivity contribution in [2.45, 2.75) is 20.4 Å². The van der Waals surface area contributed by atoms with Crippen molar-refractivity contribution >= 4 is 6.03 Å². The van der Waals surface area contributed by atoms with Crippen molar-refractivity contribution in [1.82, 2.24) is 15.5 Å². The molecule has 1 saturated heterocycles. The van der Waals surface area contributed by atoms with Gasteiger partial charge in [0.2, 0.25) is 0 Å². The molecule has 0 aromatic heterocycles. The maximum absolute atomic E-state index is 12.1. The molecule has 0 bridgehead atoms. The topological polar surface area (TPSA) is 53.6 Å². The van der Waals surface area contributed by atoms with Crippen LogP contribution in [-0.4, -0.2) is 44.2 Å². The van der Waals surface area contributed by atoms with Crippen LogP contribution in [-0.2, 0) is 6.54 Å². The standard InChI is InChI=1S/C15H23N3O2/c1-11-8-12(2)13(14(9-11)20-3)10-17-15(19)18-6-4-16-5-7-18/h8-9,16H,4-7,10H2,1-3H3,(H,17,19). The SMILES string of the molecule is COc1cc(C)cc(C)c1CNC(=O)N1CCNCC1. The fourth-order valence-corrected chi connectivity index (χ4v) is 2.51. The number of rotatable bonds is 3. The average molecular weight is 277 g/mol. The van der Waals surface area contributed by atoms with Gasteiger partial charge in [0.15, 0.2) is 0 Å². The maximum atomic E-state index is 12.1. The number of nitrogens with zero attached hydrogens (tertiary/aromatic N) is 1. The molecule has 2 rings (SSSR count). The number of benzene rings is 1. The van der Waals surface area contributed by atoms with Crippen LogP contribution in [0.15, 0.2) is 12.1 Å². The van der Waals surface area contributed by atoms with E-state index in [2.05, 4.69) is 16.7 Å². The molecule has 2 amide bonds. The van der Waals surface area contributed by atoms with Crippen molar-refractivity contribution in [2.24, 2.45) is 0 Å². The zero-order valence-electron chi connectivity index (χ0n) is 12.5. The number of carbonyl (C=O) groups excluding carboxylic acids is 1. The Bertz CT molecular complexity index is 482. The lowest BCUT2D eigenvalue weighted by Gasteiger charge is -2.27. The van der Waals surface area contributed by atoms with Crippen LogP contribution in [0, 0.1) is 13.8 Å². The predicted octanol–water partition coefficient (Wildman–Crippen LogP) is 1.43. The molecule has 2 N–H and O–H groups in total. The van der Waals surface area contributed by atoms with Crippen molar-refractivity contribution in [3.63, 3.8) is 0 Å². The number of hydrogen-bond acceptors (Lipinski definition) is 3. The minimum Gasteiger partial charge on any atom is -0.496 e. The molecule has 5 nitrogen and oxygen atoms in total. The number of amides is 2. The Kier molecular flexibility index (Phi) is 4.84. The molecule has 0 radical (unpaired) electrons. The molecule has 1 aromatic rings. The summed E-state index contributed by atoms with van der Waals surface area (Å²) in [5, 5.41) is 6.22. The van der Waals surface area contributed by atoms with E-state index >= 15 is 0 Å². The van der Waals surface area contributed by atoms with E-state index in [1.165, 1.54) is 0 Å². The number of nitrogens with one attached hydrogen (secondary N) is 2. The minimum absolute atomic E-state index is 0.00599. The largest absolute Gasteiger partial charge is 0.496 e. The lowest BCUT2D eigenvalue weighted by molar-refractivity contribution is 0.189. The van der Waals surface area contributed by atoms with E-state index in [-0.39, 0.29) is 6.03 Å². The lowest BCUT2D eigenvalue weighted by atomic mass is 10.0. The number of aryl methyl sites for hydroxylation is 2. The summed E-state index contributed by atoms with van der Waals surface area (Å²) in [4.78, 5) is 13.9. The molecule has 110 valence electrons. The highest BCUT2D eigenvalue weighted by Crippen LogP contribution is 2.23. The Morgan fingerprint density at radius 2 is 2.05 bits per heavy atom. The van der Waals surface area contributed by atoms with Gasteiger partial charge in [-0.15, -0.1) is 0 Å². The number of piperazine rings is 1. The molecule has 0 atom stereocenters. The van der Waals surface area contributed by atoms with E-state index in [4.69, 9.17) is 4.74 Å². The zero-order chi connectivity index (χ0) is 14.5. The van der Waals surface area contributed by atoms with Crippen LogP contribution in [0.2, 0.25) is 0 Å². The van der Waals surface area contributed by atoms with E-state index in [0.29, 0.717) is 6.54 Å².